The van der Waals surface area contributed by atoms with E-state index < -0.39 is 5.97 Å². The summed E-state index contributed by atoms with van der Waals surface area (Å²) >= 11 is 2.33. The average molecular weight is 315 g/mol. The lowest BCUT2D eigenvalue weighted by molar-refractivity contribution is -0.133. The number of carbonyl (C=O) groups excluding carboxylic acids is 1. The highest BCUT2D eigenvalue weighted by atomic mass is 32.2. The zero-order valence-corrected chi connectivity index (χ0v) is 12.6. The summed E-state index contributed by atoms with van der Waals surface area (Å²) in [5.41, 5.74) is 0. The lowest BCUT2D eigenvalue weighted by atomic mass is 10.00. The molecule has 0 atom stereocenters. The standard InChI is InChI=1S/C12H17N3O3S2/c16-9(17)7-19-12-15-14-11(20-12)13-10(18)8-5-3-1-2-4-6-8/h8H,1-7H2,(H,16,17)(H,13,14,18). The second-order valence-electron chi connectivity index (χ2n) is 4.73. The summed E-state index contributed by atoms with van der Waals surface area (Å²) in [4.78, 5) is 22.6. The topological polar surface area (TPSA) is 92.2 Å². The number of carbonyl (C=O) groups is 2. The second kappa shape index (κ2) is 7.58. The van der Waals surface area contributed by atoms with Crippen molar-refractivity contribution in [2.45, 2.75) is 42.9 Å². The maximum atomic E-state index is 12.1. The fourth-order valence-corrected chi connectivity index (χ4v) is 3.67. The molecule has 110 valence electrons. The van der Waals surface area contributed by atoms with E-state index in [0.29, 0.717) is 9.47 Å². The van der Waals surface area contributed by atoms with Crippen LogP contribution in [0.1, 0.15) is 38.5 Å². The zero-order chi connectivity index (χ0) is 14.4. The van der Waals surface area contributed by atoms with Crippen molar-refractivity contribution in [1.82, 2.24) is 10.2 Å². The Morgan fingerprint density at radius 3 is 2.60 bits per heavy atom. The van der Waals surface area contributed by atoms with E-state index in [0.717, 1.165) is 37.4 Å². The van der Waals surface area contributed by atoms with E-state index in [-0.39, 0.29) is 17.6 Å². The van der Waals surface area contributed by atoms with Crippen LogP contribution in [0.2, 0.25) is 0 Å². The molecule has 0 saturated heterocycles. The third kappa shape index (κ3) is 4.75. The summed E-state index contributed by atoms with van der Waals surface area (Å²) in [6.45, 7) is 0. The number of rotatable bonds is 5. The molecule has 0 radical (unpaired) electrons. The Morgan fingerprint density at radius 2 is 1.95 bits per heavy atom. The molecule has 1 aliphatic carbocycles. The lowest BCUT2D eigenvalue weighted by Crippen LogP contribution is -2.22. The molecule has 8 heteroatoms. The van der Waals surface area contributed by atoms with Crippen LogP contribution in [0.4, 0.5) is 5.13 Å². The molecule has 1 aromatic rings. The molecule has 6 nitrogen and oxygen atoms in total. The van der Waals surface area contributed by atoms with Gasteiger partial charge in [0.2, 0.25) is 11.0 Å². The van der Waals surface area contributed by atoms with E-state index in [4.69, 9.17) is 5.11 Å². The van der Waals surface area contributed by atoms with Gasteiger partial charge in [-0.1, -0.05) is 48.8 Å². The molecule has 1 fully saturated rings. The molecule has 0 unspecified atom stereocenters. The highest BCUT2D eigenvalue weighted by Gasteiger charge is 2.21. The predicted octanol–water partition coefficient (Wildman–Crippen LogP) is 2.62. The smallest absolute Gasteiger partial charge is 0.313 e. The quantitative estimate of drug-likeness (QED) is 0.493. The SMILES string of the molecule is O=C(O)CSc1nnc(NC(=O)C2CCCCCC2)s1. The number of anilines is 1. The minimum Gasteiger partial charge on any atom is -0.481 e. The van der Waals surface area contributed by atoms with E-state index >= 15 is 0 Å². The Kier molecular flexibility index (Phi) is 5.78. The molecule has 0 aliphatic heterocycles. The number of amides is 1. The van der Waals surface area contributed by atoms with Crippen molar-refractivity contribution in [2.24, 2.45) is 5.92 Å². The van der Waals surface area contributed by atoms with Crippen LogP contribution in [0.15, 0.2) is 4.34 Å². The number of nitrogens with zero attached hydrogens (tertiary/aromatic N) is 2. The first kappa shape index (κ1) is 15.2. The van der Waals surface area contributed by atoms with Crippen molar-refractivity contribution in [1.29, 1.82) is 0 Å². The monoisotopic (exact) mass is 315 g/mol. The van der Waals surface area contributed by atoms with Crippen LogP contribution in [0.25, 0.3) is 0 Å². The Labute approximate surface area is 125 Å². The van der Waals surface area contributed by atoms with Crippen LogP contribution < -0.4 is 5.32 Å². The Morgan fingerprint density at radius 1 is 1.25 bits per heavy atom. The van der Waals surface area contributed by atoms with Gasteiger partial charge in [0.25, 0.3) is 0 Å². The summed E-state index contributed by atoms with van der Waals surface area (Å²) in [6.07, 6.45) is 6.50. The fourth-order valence-electron chi connectivity index (χ4n) is 2.19. The Balaban J connectivity index is 1.85. The lowest BCUT2D eigenvalue weighted by Gasteiger charge is -2.11. The summed E-state index contributed by atoms with van der Waals surface area (Å²) in [7, 11) is 0. The van der Waals surface area contributed by atoms with Crippen LogP contribution in [0.5, 0.6) is 0 Å². The molecule has 1 saturated carbocycles. The molecule has 2 rings (SSSR count). The summed E-state index contributed by atoms with van der Waals surface area (Å²) in [6, 6.07) is 0. The highest BCUT2D eigenvalue weighted by Crippen LogP contribution is 2.27. The van der Waals surface area contributed by atoms with Gasteiger partial charge in [-0.3, -0.25) is 9.59 Å². The van der Waals surface area contributed by atoms with Gasteiger partial charge in [-0.25, -0.2) is 0 Å². The van der Waals surface area contributed by atoms with Crippen LogP contribution in [0.3, 0.4) is 0 Å². The molecule has 2 N–H and O–H groups in total. The predicted molar refractivity (Wildman–Crippen MR) is 78.1 cm³/mol. The van der Waals surface area contributed by atoms with Gasteiger partial charge in [0.05, 0.1) is 5.75 Å². The zero-order valence-electron chi connectivity index (χ0n) is 11.0. The first-order valence-corrected chi connectivity index (χ1v) is 8.44. The molecule has 0 bridgehead atoms. The molecule has 20 heavy (non-hydrogen) atoms. The van der Waals surface area contributed by atoms with Crippen molar-refractivity contribution in [2.75, 3.05) is 11.1 Å². The van der Waals surface area contributed by atoms with Gasteiger partial charge >= 0.3 is 5.97 Å². The maximum absolute atomic E-state index is 12.1. The van der Waals surface area contributed by atoms with Crippen molar-refractivity contribution in [3.63, 3.8) is 0 Å². The molecule has 1 heterocycles. The molecule has 1 aliphatic rings. The second-order valence-corrected chi connectivity index (χ2v) is 6.93. The third-order valence-electron chi connectivity index (χ3n) is 3.18. The fraction of sp³-hybridized carbons (Fsp3) is 0.667. The molecular weight excluding hydrogens is 298 g/mol. The molecule has 1 amide bonds. The van der Waals surface area contributed by atoms with E-state index in [1.165, 1.54) is 24.2 Å². The number of carboxylic acid groups (broad SMARTS) is 1. The van der Waals surface area contributed by atoms with Gasteiger partial charge in [-0.05, 0) is 12.8 Å². The Bertz CT molecular complexity index is 470. The van der Waals surface area contributed by atoms with Crippen molar-refractivity contribution >= 4 is 40.1 Å². The van der Waals surface area contributed by atoms with Gasteiger partial charge in [-0.15, -0.1) is 10.2 Å². The molecule has 0 aromatic carbocycles. The average Bonchev–Trinajstić information content (AvgIpc) is 2.68. The van der Waals surface area contributed by atoms with E-state index in [2.05, 4.69) is 15.5 Å². The van der Waals surface area contributed by atoms with E-state index in [1.54, 1.807) is 0 Å². The van der Waals surface area contributed by atoms with Crippen LogP contribution in [-0.4, -0.2) is 32.9 Å². The largest absolute Gasteiger partial charge is 0.481 e. The van der Waals surface area contributed by atoms with E-state index in [9.17, 15) is 9.59 Å². The van der Waals surface area contributed by atoms with Gasteiger partial charge in [0, 0.05) is 5.92 Å². The van der Waals surface area contributed by atoms with Crippen molar-refractivity contribution in [3.8, 4) is 0 Å². The Hall–Kier alpha value is -1.15. The number of hydrogen-bond acceptors (Lipinski definition) is 6. The normalized spacial score (nSPS) is 16.6. The molecule has 0 spiro atoms. The van der Waals surface area contributed by atoms with Crippen molar-refractivity contribution < 1.29 is 14.7 Å². The van der Waals surface area contributed by atoms with Gasteiger partial charge in [0.1, 0.15) is 0 Å². The number of carboxylic acids is 1. The van der Waals surface area contributed by atoms with Crippen molar-refractivity contribution in [3.05, 3.63) is 0 Å². The number of aliphatic carboxylic acids is 1. The minimum absolute atomic E-state index is 0.0119. The van der Waals surface area contributed by atoms with Gasteiger partial charge < -0.3 is 10.4 Å². The number of aromatic nitrogens is 2. The first-order valence-electron chi connectivity index (χ1n) is 6.64. The molecule has 1 aromatic heterocycles. The van der Waals surface area contributed by atoms with Gasteiger partial charge in [0.15, 0.2) is 4.34 Å². The first-order chi connectivity index (χ1) is 9.65. The number of hydrogen-bond donors (Lipinski definition) is 2. The minimum atomic E-state index is -0.894. The van der Waals surface area contributed by atoms with E-state index in [1.807, 2.05) is 0 Å². The van der Waals surface area contributed by atoms with Crippen LogP contribution in [0, 0.1) is 5.92 Å². The summed E-state index contributed by atoms with van der Waals surface area (Å²) in [5, 5.41) is 19.6. The van der Waals surface area contributed by atoms with Crippen LogP contribution >= 0.6 is 23.1 Å². The van der Waals surface area contributed by atoms with Crippen LogP contribution in [-0.2, 0) is 9.59 Å². The number of thioether (sulfide) groups is 1. The summed E-state index contributed by atoms with van der Waals surface area (Å²) in [5.74, 6) is -0.867. The maximum Gasteiger partial charge on any atom is 0.313 e. The van der Waals surface area contributed by atoms with Gasteiger partial charge in [-0.2, -0.15) is 0 Å². The highest BCUT2D eigenvalue weighted by molar-refractivity contribution is 8.01. The molecular formula is C12H17N3O3S2. The summed E-state index contributed by atoms with van der Waals surface area (Å²) < 4.78 is 0.559. The third-order valence-corrected chi connectivity index (χ3v) is 5.14. The number of nitrogens with one attached hydrogen (secondary N) is 1.